The largest absolute Gasteiger partial charge is 0.441 e. The fourth-order valence-electron chi connectivity index (χ4n) is 1.65. The Balaban J connectivity index is 2.85. The van der Waals surface area contributed by atoms with E-state index < -0.39 is 5.51 Å². The molecule has 0 fully saturated rings. The van der Waals surface area contributed by atoms with Crippen LogP contribution >= 0.6 is 59.6 Å². The molecular weight excluding hydrogens is 473 g/mol. The molecule has 0 unspecified atom stereocenters. The number of benzene rings is 1. The lowest BCUT2D eigenvalue weighted by atomic mass is 9.82. The van der Waals surface area contributed by atoms with Crippen molar-refractivity contribution in [3.63, 3.8) is 0 Å². The minimum Gasteiger partial charge on any atom is -0.160 e. The van der Waals surface area contributed by atoms with Crippen LogP contribution in [0.2, 0.25) is 0 Å². The first-order valence-corrected chi connectivity index (χ1v) is 9.44. The van der Waals surface area contributed by atoms with Crippen molar-refractivity contribution in [2.75, 3.05) is 16.4 Å². The van der Waals surface area contributed by atoms with Crippen LogP contribution in [0.25, 0.3) is 0 Å². The maximum Gasteiger partial charge on any atom is 0.441 e. The third kappa shape index (κ3) is 5.59. The van der Waals surface area contributed by atoms with E-state index in [1.807, 2.05) is 24.3 Å². The van der Waals surface area contributed by atoms with Crippen molar-refractivity contribution in [1.82, 2.24) is 0 Å². The molecule has 0 saturated heterocycles. The van der Waals surface area contributed by atoms with Gasteiger partial charge in [-0.25, -0.2) is 0 Å². The van der Waals surface area contributed by atoms with Gasteiger partial charge in [0.25, 0.3) is 0 Å². The molecule has 108 valence electrons. The third-order valence-corrected chi connectivity index (χ3v) is 6.17. The molecule has 0 atom stereocenters. The van der Waals surface area contributed by atoms with Crippen LogP contribution in [0.1, 0.15) is 12.0 Å². The molecule has 1 rings (SSSR count). The Morgan fingerprint density at radius 1 is 1.11 bits per heavy atom. The normalized spacial score (nSPS) is 12.7. The number of rotatable bonds is 6. The summed E-state index contributed by atoms with van der Waals surface area (Å²) in [7, 11) is 0. The standard InChI is InChI=1S/C12H12Br3F3S/c13-7-11(8-14,4-5-19-12(16,17)18)9-2-1-3-10(15)6-9/h1-3,6H,4-5,7-8H2. The van der Waals surface area contributed by atoms with Gasteiger partial charge >= 0.3 is 5.51 Å². The minimum absolute atomic E-state index is 0.0367. The second-order valence-electron chi connectivity index (χ2n) is 4.10. The van der Waals surface area contributed by atoms with Crippen LogP contribution < -0.4 is 0 Å². The Hall–Kier alpha value is 0.800. The van der Waals surface area contributed by atoms with Gasteiger partial charge in [-0.1, -0.05) is 71.7 Å². The molecule has 0 bridgehead atoms. The highest BCUT2D eigenvalue weighted by Crippen LogP contribution is 2.38. The second kappa shape index (κ2) is 7.71. The van der Waals surface area contributed by atoms with Gasteiger partial charge in [0.2, 0.25) is 0 Å². The van der Waals surface area contributed by atoms with Gasteiger partial charge in [0.15, 0.2) is 0 Å². The Labute approximate surface area is 140 Å². The summed E-state index contributed by atoms with van der Waals surface area (Å²) in [5, 5.41) is 1.22. The Morgan fingerprint density at radius 3 is 2.21 bits per heavy atom. The summed E-state index contributed by atoms with van der Waals surface area (Å²) in [4.78, 5) is 0. The predicted molar refractivity (Wildman–Crippen MR) is 86.5 cm³/mol. The summed E-state index contributed by atoms with van der Waals surface area (Å²) in [6.07, 6.45) is 0.449. The first kappa shape index (κ1) is 17.9. The van der Waals surface area contributed by atoms with Crippen molar-refractivity contribution in [3.8, 4) is 0 Å². The molecule has 7 heteroatoms. The zero-order chi connectivity index (χ0) is 14.5. The molecule has 0 aromatic heterocycles. The number of hydrogen-bond donors (Lipinski definition) is 0. The average molecular weight is 485 g/mol. The SMILES string of the molecule is FC(F)(F)SCCC(CBr)(CBr)c1cccc(Br)c1. The van der Waals surface area contributed by atoms with Crippen molar-refractivity contribution >= 4 is 59.6 Å². The summed E-state index contributed by atoms with van der Waals surface area (Å²) in [6.45, 7) is 0. The summed E-state index contributed by atoms with van der Waals surface area (Å²) in [5.41, 5.74) is -3.47. The fraction of sp³-hybridized carbons (Fsp3) is 0.500. The van der Waals surface area contributed by atoms with Crippen LogP contribution in [0.5, 0.6) is 0 Å². The fourth-order valence-corrected chi connectivity index (χ4v) is 4.91. The lowest BCUT2D eigenvalue weighted by molar-refractivity contribution is -0.0328. The first-order valence-electron chi connectivity index (χ1n) is 5.42. The van der Waals surface area contributed by atoms with Gasteiger partial charge in [0, 0.05) is 26.3 Å². The van der Waals surface area contributed by atoms with E-state index in [4.69, 9.17) is 0 Å². The van der Waals surface area contributed by atoms with E-state index in [1.54, 1.807) is 0 Å². The Morgan fingerprint density at radius 2 is 1.74 bits per heavy atom. The van der Waals surface area contributed by atoms with Crippen LogP contribution in [-0.4, -0.2) is 21.9 Å². The molecule has 0 amide bonds. The molecule has 0 saturated carbocycles. The average Bonchev–Trinajstić information content (AvgIpc) is 2.34. The van der Waals surface area contributed by atoms with Crippen LogP contribution in [0.4, 0.5) is 13.2 Å². The molecular formula is C12H12Br3F3S. The van der Waals surface area contributed by atoms with Crippen LogP contribution in [0, 0.1) is 0 Å². The highest BCUT2D eigenvalue weighted by Gasteiger charge is 2.33. The van der Waals surface area contributed by atoms with E-state index in [-0.39, 0.29) is 22.9 Å². The van der Waals surface area contributed by atoms with Crippen molar-refractivity contribution in [2.24, 2.45) is 0 Å². The lowest BCUT2D eigenvalue weighted by Gasteiger charge is -2.31. The summed E-state index contributed by atoms with van der Waals surface area (Å²) < 4.78 is 37.6. The van der Waals surface area contributed by atoms with Crippen LogP contribution in [-0.2, 0) is 5.41 Å². The van der Waals surface area contributed by atoms with E-state index in [0.717, 1.165) is 10.0 Å². The highest BCUT2D eigenvalue weighted by molar-refractivity contribution is 9.10. The van der Waals surface area contributed by atoms with Crippen molar-refractivity contribution < 1.29 is 13.2 Å². The van der Waals surface area contributed by atoms with Gasteiger partial charge in [0.1, 0.15) is 0 Å². The van der Waals surface area contributed by atoms with Gasteiger partial charge in [-0.2, -0.15) is 13.2 Å². The number of thioether (sulfide) groups is 1. The molecule has 1 aromatic carbocycles. The molecule has 0 nitrogen and oxygen atoms in total. The lowest BCUT2D eigenvalue weighted by Crippen LogP contribution is -2.31. The zero-order valence-corrected chi connectivity index (χ0v) is 15.4. The zero-order valence-electron chi connectivity index (χ0n) is 9.81. The quantitative estimate of drug-likeness (QED) is 0.438. The maximum absolute atomic E-state index is 12.2. The van der Waals surface area contributed by atoms with E-state index in [2.05, 4.69) is 47.8 Å². The third-order valence-electron chi connectivity index (χ3n) is 2.79. The molecule has 0 spiro atoms. The molecule has 0 radical (unpaired) electrons. The van der Waals surface area contributed by atoms with Crippen molar-refractivity contribution in [3.05, 3.63) is 34.3 Å². The first-order chi connectivity index (χ1) is 8.83. The molecule has 0 heterocycles. The smallest absolute Gasteiger partial charge is 0.160 e. The van der Waals surface area contributed by atoms with Gasteiger partial charge < -0.3 is 0 Å². The van der Waals surface area contributed by atoms with Gasteiger partial charge in [-0.3, -0.25) is 0 Å². The highest BCUT2D eigenvalue weighted by atomic mass is 79.9. The van der Waals surface area contributed by atoms with Crippen molar-refractivity contribution in [2.45, 2.75) is 17.3 Å². The van der Waals surface area contributed by atoms with E-state index in [1.165, 1.54) is 0 Å². The summed E-state index contributed by atoms with van der Waals surface area (Å²) in [5.74, 6) is 0.0488. The van der Waals surface area contributed by atoms with Gasteiger partial charge in [-0.05, 0) is 24.1 Å². The monoisotopic (exact) mass is 482 g/mol. The van der Waals surface area contributed by atoms with E-state index >= 15 is 0 Å². The topological polar surface area (TPSA) is 0 Å². The number of halogens is 6. The van der Waals surface area contributed by atoms with Gasteiger partial charge in [0.05, 0.1) is 0 Å². The maximum atomic E-state index is 12.2. The van der Waals surface area contributed by atoms with Crippen LogP contribution in [0.3, 0.4) is 0 Å². The van der Waals surface area contributed by atoms with E-state index in [0.29, 0.717) is 17.1 Å². The van der Waals surface area contributed by atoms with Gasteiger partial charge in [-0.15, -0.1) is 0 Å². The molecule has 0 aliphatic rings. The van der Waals surface area contributed by atoms with Crippen LogP contribution in [0.15, 0.2) is 28.7 Å². The number of alkyl halides is 5. The van der Waals surface area contributed by atoms with E-state index in [9.17, 15) is 13.2 Å². The summed E-state index contributed by atoms with van der Waals surface area (Å²) >= 11 is 10.3. The molecule has 1 aromatic rings. The number of hydrogen-bond acceptors (Lipinski definition) is 1. The summed E-state index contributed by atoms with van der Waals surface area (Å²) in [6, 6.07) is 7.71. The predicted octanol–water partition coefficient (Wildman–Crippen LogP) is 6.12. The molecule has 0 aliphatic carbocycles. The minimum atomic E-state index is -4.17. The Bertz CT molecular complexity index is 405. The molecule has 0 aliphatic heterocycles. The second-order valence-corrected chi connectivity index (χ2v) is 7.30. The van der Waals surface area contributed by atoms with Crippen molar-refractivity contribution in [1.29, 1.82) is 0 Å². The molecule has 0 N–H and O–H groups in total. The molecule has 19 heavy (non-hydrogen) atoms. The Kier molecular flexibility index (Phi) is 7.24.